The number of aromatic amines is 1. The molecule has 0 saturated carbocycles. The van der Waals surface area contributed by atoms with Crippen LogP contribution >= 0.6 is 0 Å². The average Bonchev–Trinajstić information content (AvgIpc) is 3.22. The van der Waals surface area contributed by atoms with Crippen LogP contribution in [-0.2, 0) is 20.7 Å². The summed E-state index contributed by atoms with van der Waals surface area (Å²) >= 11 is 0. The van der Waals surface area contributed by atoms with E-state index >= 15 is 0 Å². The summed E-state index contributed by atoms with van der Waals surface area (Å²) in [7, 11) is 1.35. The third kappa shape index (κ3) is 3.48. The average molecular weight is 446 g/mol. The minimum absolute atomic E-state index is 0.00941. The van der Waals surface area contributed by atoms with Gasteiger partial charge in [-0.05, 0) is 35.7 Å². The van der Waals surface area contributed by atoms with Gasteiger partial charge in [0.2, 0.25) is 11.8 Å². The summed E-state index contributed by atoms with van der Waals surface area (Å²) in [5.74, 6) is -0.456. The number of hydrogen-bond acceptors (Lipinski definition) is 4. The largest absolute Gasteiger partial charge is 0.465 e. The van der Waals surface area contributed by atoms with Crippen molar-refractivity contribution in [1.29, 1.82) is 0 Å². The summed E-state index contributed by atoms with van der Waals surface area (Å²) in [4.78, 5) is 45.8. The minimum atomic E-state index is -0.542. The Kier molecular flexibility index (Phi) is 5.40. The maximum absolute atomic E-state index is 13.5. The molecule has 0 spiro atoms. The number of nitrogens with one attached hydrogen (secondary N) is 1. The van der Waals surface area contributed by atoms with E-state index in [4.69, 9.17) is 4.74 Å². The molecule has 1 aromatic heterocycles. The van der Waals surface area contributed by atoms with Crippen LogP contribution in [0.2, 0.25) is 0 Å². The number of carbonyl (C=O) groups excluding carboxylic acids is 3. The number of unbranched alkanes of at least 4 members (excludes halogenated alkanes) is 1. The second-order valence-corrected chi connectivity index (χ2v) is 8.71. The van der Waals surface area contributed by atoms with Crippen LogP contribution in [0.1, 0.15) is 53.0 Å². The van der Waals surface area contributed by atoms with Gasteiger partial charge in [-0.25, -0.2) is 4.79 Å². The molecule has 1 N–H and O–H groups in total. The summed E-state index contributed by atoms with van der Waals surface area (Å²) in [6.45, 7) is 2.78. The third-order valence-corrected chi connectivity index (χ3v) is 6.77. The first kappa shape index (κ1) is 21.2. The zero-order chi connectivity index (χ0) is 23.1. The molecule has 2 atom stereocenters. The van der Waals surface area contributed by atoms with Gasteiger partial charge in [-0.15, -0.1) is 0 Å². The molecule has 3 aromatic rings. The summed E-state index contributed by atoms with van der Waals surface area (Å²) in [5, 5.41) is 1.08. The van der Waals surface area contributed by atoms with Gasteiger partial charge in [0.05, 0.1) is 25.3 Å². The van der Waals surface area contributed by atoms with Gasteiger partial charge in [0.25, 0.3) is 0 Å². The summed E-state index contributed by atoms with van der Waals surface area (Å²) in [6.07, 6.45) is 2.33. The number of hydrogen-bond donors (Lipinski definition) is 1. The Labute approximate surface area is 192 Å². The molecule has 2 aliphatic heterocycles. The number of amides is 2. The number of methoxy groups -OCH3 is 1. The Hall–Kier alpha value is -3.61. The standard InChI is InChI=1S/C26H27N3O4/c1-3-4-13-28-15-22(30)29-21(25(28)31)14-19-18-7-5-6-8-20(18)27-23(19)24(29)16-9-11-17(12-10-16)26(32)33-2/h5-12,21,24,27H,3-4,13-15H2,1-2H3/t21-,24?/m1/s1. The van der Waals surface area contributed by atoms with Crippen LogP contribution < -0.4 is 0 Å². The summed E-state index contributed by atoms with van der Waals surface area (Å²) in [6, 6.07) is 14.2. The smallest absolute Gasteiger partial charge is 0.337 e. The van der Waals surface area contributed by atoms with Crippen LogP contribution in [0.3, 0.4) is 0 Å². The quantitative estimate of drug-likeness (QED) is 0.610. The zero-order valence-corrected chi connectivity index (χ0v) is 18.8. The number of para-hydroxylation sites is 1. The lowest BCUT2D eigenvalue weighted by molar-refractivity contribution is -0.158. The highest BCUT2D eigenvalue weighted by Crippen LogP contribution is 2.42. The molecule has 2 aromatic carbocycles. The van der Waals surface area contributed by atoms with E-state index in [1.54, 1.807) is 21.9 Å². The van der Waals surface area contributed by atoms with Gasteiger partial charge in [0.15, 0.2) is 0 Å². The SMILES string of the molecule is CCCCN1CC(=O)N2C(c3ccc(C(=O)OC)cc3)c3[nH]c4ccccc4c3C[C@@H]2C1=O. The fourth-order valence-corrected chi connectivity index (χ4v) is 5.13. The van der Waals surface area contributed by atoms with Crippen molar-refractivity contribution in [2.45, 2.75) is 38.3 Å². The van der Waals surface area contributed by atoms with E-state index in [-0.39, 0.29) is 18.4 Å². The maximum atomic E-state index is 13.5. The van der Waals surface area contributed by atoms with Crippen molar-refractivity contribution in [3.63, 3.8) is 0 Å². The number of piperazine rings is 1. The Morgan fingerprint density at radius 2 is 1.88 bits per heavy atom. The van der Waals surface area contributed by atoms with Crippen LogP contribution in [0.15, 0.2) is 48.5 Å². The molecule has 1 fully saturated rings. The molecule has 0 bridgehead atoms. The number of carbonyl (C=O) groups is 3. The molecular weight excluding hydrogens is 418 g/mol. The molecule has 2 amide bonds. The number of rotatable bonds is 5. The first-order valence-electron chi connectivity index (χ1n) is 11.4. The Bertz CT molecular complexity index is 1230. The molecule has 3 heterocycles. The van der Waals surface area contributed by atoms with E-state index in [2.05, 4.69) is 18.0 Å². The lowest BCUT2D eigenvalue weighted by Gasteiger charge is -2.47. The second kappa shape index (κ2) is 8.39. The zero-order valence-electron chi connectivity index (χ0n) is 18.8. The predicted octanol–water partition coefficient (Wildman–Crippen LogP) is 3.44. The Balaban J connectivity index is 1.63. The molecule has 1 saturated heterocycles. The van der Waals surface area contributed by atoms with Crippen molar-refractivity contribution in [1.82, 2.24) is 14.8 Å². The lowest BCUT2D eigenvalue weighted by atomic mass is 9.86. The number of nitrogens with zero attached hydrogens (tertiary/aromatic N) is 2. The molecule has 0 radical (unpaired) electrons. The highest BCUT2D eigenvalue weighted by Gasteiger charge is 2.48. The lowest BCUT2D eigenvalue weighted by Crippen LogP contribution is -2.63. The fourth-order valence-electron chi connectivity index (χ4n) is 5.13. The van der Waals surface area contributed by atoms with E-state index in [0.29, 0.717) is 18.5 Å². The molecule has 0 aliphatic carbocycles. The number of ether oxygens (including phenoxy) is 1. The number of benzene rings is 2. The van der Waals surface area contributed by atoms with Gasteiger partial charge in [-0.3, -0.25) is 9.59 Å². The van der Waals surface area contributed by atoms with Gasteiger partial charge in [0.1, 0.15) is 6.04 Å². The molecule has 1 unspecified atom stereocenters. The van der Waals surface area contributed by atoms with Crippen LogP contribution in [0.5, 0.6) is 0 Å². The molecule has 170 valence electrons. The van der Waals surface area contributed by atoms with Gasteiger partial charge in [-0.1, -0.05) is 43.7 Å². The van der Waals surface area contributed by atoms with E-state index in [0.717, 1.165) is 40.6 Å². The normalized spacial score (nSPS) is 20.1. The fraction of sp³-hybridized carbons (Fsp3) is 0.346. The Morgan fingerprint density at radius 3 is 2.61 bits per heavy atom. The van der Waals surface area contributed by atoms with Crippen molar-refractivity contribution in [2.75, 3.05) is 20.2 Å². The monoisotopic (exact) mass is 445 g/mol. The second-order valence-electron chi connectivity index (χ2n) is 8.71. The van der Waals surface area contributed by atoms with Crippen molar-refractivity contribution < 1.29 is 19.1 Å². The maximum Gasteiger partial charge on any atom is 0.337 e. The minimum Gasteiger partial charge on any atom is -0.465 e. The Morgan fingerprint density at radius 1 is 1.12 bits per heavy atom. The number of esters is 1. The third-order valence-electron chi connectivity index (χ3n) is 6.77. The van der Waals surface area contributed by atoms with Gasteiger partial charge in [0, 0.05) is 29.6 Å². The highest BCUT2D eigenvalue weighted by atomic mass is 16.5. The van der Waals surface area contributed by atoms with Gasteiger partial charge in [-0.2, -0.15) is 0 Å². The molecule has 5 rings (SSSR count). The van der Waals surface area contributed by atoms with Gasteiger partial charge < -0.3 is 19.5 Å². The molecule has 7 heteroatoms. The summed E-state index contributed by atoms with van der Waals surface area (Å²) < 4.78 is 4.82. The topological polar surface area (TPSA) is 82.7 Å². The molecule has 7 nitrogen and oxygen atoms in total. The van der Waals surface area contributed by atoms with E-state index in [9.17, 15) is 14.4 Å². The van der Waals surface area contributed by atoms with E-state index in [1.807, 2.05) is 30.3 Å². The predicted molar refractivity (Wildman–Crippen MR) is 124 cm³/mol. The number of H-pyrrole nitrogens is 1. The van der Waals surface area contributed by atoms with Crippen LogP contribution in [0.4, 0.5) is 0 Å². The first-order chi connectivity index (χ1) is 16.0. The van der Waals surface area contributed by atoms with E-state index in [1.165, 1.54) is 7.11 Å². The highest BCUT2D eigenvalue weighted by molar-refractivity contribution is 5.97. The van der Waals surface area contributed by atoms with Crippen molar-refractivity contribution in [3.8, 4) is 0 Å². The van der Waals surface area contributed by atoms with Crippen LogP contribution in [0, 0.1) is 0 Å². The van der Waals surface area contributed by atoms with Crippen molar-refractivity contribution in [2.24, 2.45) is 0 Å². The number of fused-ring (bicyclic) bond motifs is 4. The van der Waals surface area contributed by atoms with Crippen LogP contribution in [0.25, 0.3) is 10.9 Å². The van der Waals surface area contributed by atoms with Crippen LogP contribution in [-0.4, -0.2) is 58.8 Å². The molecule has 33 heavy (non-hydrogen) atoms. The number of aromatic nitrogens is 1. The van der Waals surface area contributed by atoms with Crippen molar-refractivity contribution >= 4 is 28.7 Å². The van der Waals surface area contributed by atoms with E-state index < -0.39 is 18.1 Å². The first-order valence-corrected chi connectivity index (χ1v) is 11.4. The van der Waals surface area contributed by atoms with Gasteiger partial charge >= 0.3 is 5.97 Å². The molecule has 2 aliphatic rings. The summed E-state index contributed by atoms with van der Waals surface area (Å²) in [5.41, 5.74) is 4.29. The molecular formula is C26H27N3O4. The van der Waals surface area contributed by atoms with Crippen molar-refractivity contribution in [3.05, 3.63) is 70.9 Å².